The molecular formula is C35H60N2O8. The second kappa shape index (κ2) is 15.9. The van der Waals surface area contributed by atoms with Crippen LogP contribution < -0.4 is 10.1 Å². The molecule has 258 valence electrons. The number of rotatable bonds is 6. The van der Waals surface area contributed by atoms with Crippen molar-refractivity contribution in [2.24, 2.45) is 17.8 Å². The SMILES string of the molecule is CCC1OC(=O)C(C)CC(C)C(O[C@@H]2O[C@H](C)C[C@H](N(C)C)[C@H]2Oc2ccccc2)C(C)(O)CC(C)CNC(C)C(O)C1(C)O. The van der Waals surface area contributed by atoms with E-state index in [1.54, 1.807) is 20.8 Å². The molecule has 13 atom stereocenters. The molecule has 10 nitrogen and oxygen atoms in total. The third-order valence-electron chi connectivity index (χ3n) is 9.71. The lowest BCUT2D eigenvalue weighted by Gasteiger charge is -2.47. The predicted octanol–water partition coefficient (Wildman–Crippen LogP) is 3.75. The molecule has 2 fully saturated rings. The van der Waals surface area contributed by atoms with Gasteiger partial charge < -0.3 is 44.5 Å². The van der Waals surface area contributed by atoms with E-state index in [4.69, 9.17) is 18.9 Å². The molecule has 2 heterocycles. The molecular weight excluding hydrogens is 576 g/mol. The Balaban J connectivity index is 1.98. The monoisotopic (exact) mass is 636 g/mol. The van der Waals surface area contributed by atoms with Gasteiger partial charge in [-0.2, -0.15) is 0 Å². The molecule has 9 unspecified atom stereocenters. The van der Waals surface area contributed by atoms with E-state index in [1.165, 1.54) is 6.92 Å². The lowest BCUT2D eigenvalue weighted by molar-refractivity contribution is -0.290. The number of carbonyl (C=O) groups is 1. The van der Waals surface area contributed by atoms with Crippen LogP contribution in [-0.4, -0.2) is 107 Å². The maximum atomic E-state index is 13.4. The van der Waals surface area contributed by atoms with Crippen LogP contribution in [0.4, 0.5) is 0 Å². The first kappa shape index (κ1) is 37.7. The van der Waals surface area contributed by atoms with E-state index in [9.17, 15) is 20.1 Å². The van der Waals surface area contributed by atoms with Gasteiger partial charge in [0.25, 0.3) is 0 Å². The van der Waals surface area contributed by atoms with Crippen LogP contribution in [0, 0.1) is 17.8 Å². The van der Waals surface area contributed by atoms with Gasteiger partial charge in [-0.1, -0.05) is 45.9 Å². The molecule has 0 spiro atoms. The minimum Gasteiger partial charge on any atom is -0.483 e. The van der Waals surface area contributed by atoms with Crippen LogP contribution in [0.25, 0.3) is 0 Å². The quantitative estimate of drug-likeness (QED) is 0.343. The third kappa shape index (κ3) is 9.62. The maximum Gasteiger partial charge on any atom is 0.309 e. The summed E-state index contributed by atoms with van der Waals surface area (Å²) in [5.41, 5.74) is -2.97. The highest BCUT2D eigenvalue weighted by atomic mass is 16.7. The normalized spacial score (nSPS) is 42.8. The highest BCUT2D eigenvalue weighted by Crippen LogP contribution is 2.36. The van der Waals surface area contributed by atoms with Crippen molar-refractivity contribution in [2.75, 3.05) is 20.6 Å². The van der Waals surface area contributed by atoms with E-state index in [0.29, 0.717) is 31.6 Å². The number of cyclic esters (lactones) is 1. The number of likely N-dealkylation sites (N-methyl/N-ethyl adjacent to an activating group) is 1. The molecule has 0 saturated carbocycles. The summed E-state index contributed by atoms with van der Waals surface area (Å²) < 4.78 is 25.7. The molecule has 0 radical (unpaired) electrons. The smallest absolute Gasteiger partial charge is 0.309 e. The van der Waals surface area contributed by atoms with Gasteiger partial charge >= 0.3 is 5.97 Å². The summed E-state index contributed by atoms with van der Waals surface area (Å²) in [5.74, 6) is -0.619. The van der Waals surface area contributed by atoms with Gasteiger partial charge in [0, 0.05) is 6.04 Å². The van der Waals surface area contributed by atoms with Crippen molar-refractivity contribution in [2.45, 2.75) is 141 Å². The Labute approximate surface area is 270 Å². The summed E-state index contributed by atoms with van der Waals surface area (Å²) >= 11 is 0. The van der Waals surface area contributed by atoms with Gasteiger partial charge in [0.15, 0.2) is 12.4 Å². The van der Waals surface area contributed by atoms with Crippen molar-refractivity contribution >= 4 is 5.97 Å². The zero-order chi connectivity index (χ0) is 33.7. The first-order chi connectivity index (χ1) is 21.0. The Kier molecular flexibility index (Phi) is 13.3. The van der Waals surface area contributed by atoms with Gasteiger partial charge in [0.1, 0.15) is 23.6 Å². The molecule has 2 aliphatic heterocycles. The lowest BCUT2D eigenvalue weighted by Crippen LogP contribution is -2.60. The summed E-state index contributed by atoms with van der Waals surface area (Å²) in [6.45, 7) is 15.2. The maximum absolute atomic E-state index is 13.4. The second-order valence-electron chi connectivity index (χ2n) is 14.5. The van der Waals surface area contributed by atoms with E-state index in [-0.39, 0.29) is 24.0 Å². The number of esters is 1. The van der Waals surface area contributed by atoms with E-state index in [0.717, 1.165) is 6.42 Å². The largest absolute Gasteiger partial charge is 0.483 e. The molecule has 0 amide bonds. The number of nitrogens with one attached hydrogen (secondary N) is 1. The molecule has 0 aliphatic carbocycles. The van der Waals surface area contributed by atoms with Crippen molar-refractivity contribution in [3.8, 4) is 5.75 Å². The first-order valence-electron chi connectivity index (χ1n) is 16.7. The Morgan fingerprint density at radius 3 is 2.29 bits per heavy atom. The van der Waals surface area contributed by atoms with Crippen molar-refractivity contribution in [1.82, 2.24) is 10.2 Å². The standard InChI is InChI=1S/C35H60N2O8/c1-11-28-35(8,41)30(38)25(6)36-20-21(2)19-34(7,40)31(22(3)17-23(4)32(39)44-28)45-33-29(43-26-15-13-12-14-16-26)27(37(9)10)18-24(5)42-33/h12-16,21-25,27-31,33,36,38,40-41H,11,17-20H2,1-10H3/t21?,22?,23?,24-,25?,27+,28?,29-,30?,31?,33+,34?,35?/m1/s1. The average molecular weight is 637 g/mol. The van der Waals surface area contributed by atoms with Crippen LogP contribution in [0.3, 0.4) is 0 Å². The number of benzene rings is 1. The summed E-state index contributed by atoms with van der Waals surface area (Å²) in [4.78, 5) is 15.5. The topological polar surface area (TPSA) is 130 Å². The summed E-state index contributed by atoms with van der Waals surface area (Å²) in [7, 11) is 4.04. The number of hydrogen-bond donors (Lipinski definition) is 4. The second-order valence-corrected chi connectivity index (χ2v) is 14.5. The molecule has 45 heavy (non-hydrogen) atoms. The van der Waals surface area contributed by atoms with Gasteiger partial charge in [-0.05, 0) is 98.0 Å². The third-order valence-corrected chi connectivity index (χ3v) is 9.71. The molecule has 10 heteroatoms. The van der Waals surface area contributed by atoms with Gasteiger partial charge in [-0.15, -0.1) is 0 Å². The highest BCUT2D eigenvalue weighted by Gasteiger charge is 2.48. The van der Waals surface area contributed by atoms with Gasteiger partial charge in [-0.25, -0.2) is 0 Å². The highest BCUT2D eigenvalue weighted by molar-refractivity contribution is 5.72. The van der Waals surface area contributed by atoms with Crippen molar-refractivity contribution in [3.63, 3.8) is 0 Å². The number of nitrogens with zero attached hydrogens (tertiary/aromatic N) is 1. The van der Waals surface area contributed by atoms with Crippen LogP contribution in [0.15, 0.2) is 30.3 Å². The number of aliphatic hydroxyl groups is 3. The van der Waals surface area contributed by atoms with Gasteiger partial charge in [0.05, 0.1) is 29.8 Å². The molecule has 3 rings (SSSR count). The van der Waals surface area contributed by atoms with E-state index in [1.807, 2.05) is 72.1 Å². The van der Waals surface area contributed by atoms with Crippen LogP contribution >= 0.6 is 0 Å². The van der Waals surface area contributed by atoms with Crippen LogP contribution in [0.2, 0.25) is 0 Å². The van der Waals surface area contributed by atoms with E-state index >= 15 is 0 Å². The Morgan fingerprint density at radius 2 is 1.69 bits per heavy atom. The predicted molar refractivity (Wildman–Crippen MR) is 174 cm³/mol. The lowest BCUT2D eigenvalue weighted by atomic mass is 9.79. The van der Waals surface area contributed by atoms with Crippen LogP contribution in [-0.2, 0) is 19.0 Å². The van der Waals surface area contributed by atoms with Gasteiger partial charge in [0.2, 0.25) is 0 Å². The van der Waals surface area contributed by atoms with Crippen molar-refractivity contribution in [1.29, 1.82) is 0 Å². The Bertz CT molecular complexity index is 1050. The number of aliphatic hydroxyl groups excluding tert-OH is 1. The fraction of sp³-hybridized carbons (Fsp3) is 0.800. The summed E-state index contributed by atoms with van der Waals surface area (Å²) in [6, 6.07) is 9.10. The Morgan fingerprint density at radius 1 is 1.04 bits per heavy atom. The number of para-hydroxylation sites is 1. The molecule has 2 aliphatic rings. The zero-order valence-electron chi connectivity index (χ0n) is 29.1. The van der Waals surface area contributed by atoms with Crippen LogP contribution in [0.5, 0.6) is 5.75 Å². The fourth-order valence-electron chi connectivity index (χ4n) is 7.20. The first-order valence-corrected chi connectivity index (χ1v) is 16.7. The molecule has 0 bridgehead atoms. The molecule has 4 N–H and O–H groups in total. The number of carbonyl (C=O) groups excluding carboxylic acids is 1. The molecule has 1 aromatic carbocycles. The molecule has 2 saturated heterocycles. The fourth-order valence-corrected chi connectivity index (χ4v) is 7.20. The minimum absolute atomic E-state index is 0.00909. The molecule has 1 aromatic rings. The van der Waals surface area contributed by atoms with Crippen LogP contribution in [0.1, 0.15) is 81.1 Å². The molecule has 0 aromatic heterocycles. The van der Waals surface area contributed by atoms with Crippen molar-refractivity contribution in [3.05, 3.63) is 30.3 Å². The minimum atomic E-state index is -1.66. The number of hydrogen-bond acceptors (Lipinski definition) is 10. The van der Waals surface area contributed by atoms with E-state index in [2.05, 4.69) is 10.2 Å². The van der Waals surface area contributed by atoms with Crippen molar-refractivity contribution < 1.29 is 39.1 Å². The summed E-state index contributed by atoms with van der Waals surface area (Å²) in [5, 5.41) is 37.9. The zero-order valence-corrected chi connectivity index (χ0v) is 29.1. The Hall–Kier alpha value is -1.79. The van der Waals surface area contributed by atoms with E-state index < -0.39 is 59.8 Å². The average Bonchev–Trinajstić information content (AvgIpc) is 2.97. The number of ether oxygens (including phenoxy) is 4. The summed E-state index contributed by atoms with van der Waals surface area (Å²) in [6.07, 6.45) is -2.32. The van der Waals surface area contributed by atoms with Gasteiger partial charge in [-0.3, -0.25) is 4.79 Å².